The maximum atomic E-state index is 13.0. The summed E-state index contributed by atoms with van der Waals surface area (Å²) in [5, 5.41) is 4.55. The summed E-state index contributed by atoms with van der Waals surface area (Å²) in [6.07, 6.45) is -2.63. The monoisotopic (exact) mass is 418 g/mol. The standard InChI is InChI=1S/C21H21F3N4O2/c1-13-17(14(2)30-26-13)12-20(29)28-9-7-27(8-10-28)19-5-6-25-18-11-15(21(22,23)24)3-4-16(18)19/h3-6,11H,7-10,12H2,1-2H3. The SMILES string of the molecule is Cc1noc(C)c1CC(=O)N1CCN(c2ccnc3cc(C(F)(F)F)ccc23)CC1. The largest absolute Gasteiger partial charge is 0.416 e. The first-order chi connectivity index (χ1) is 14.2. The number of pyridine rings is 1. The number of aromatic nitrogens is 2. The molecule has 9 heteroatoms. The lowest BCUT2D eigenvalue weighted by Crippen LogP contribution is -2.49. The fraction of sp³-hybridized carbons (Fsp3) is 0.381. The Bertz CT molecular complexity index is 1070. The highest BCUT2D eigenvalue weighted by molar-refractivity contribution is 5.92. The lowest BCUT2D eigenvalue weighted by molar-refractivity contribution is -0.137. The Morgan fingerprint density at radius 3 is 2.50 bits per heavy atom. The summed E-state index contributed by atoms with van der Waals surface area (Å²) in [4.78, 5) is 20.7. The third-order valence-corrected chi connectivity index (χ3v) is 5.53. The van der Waals surface area contributed by atoms with Gasteiger partial charge in [0.2, 0.25) is 5.91 Å². The molecule has 0 unspecified atom stereocenters. The van der Waals surface area contributed by atoms with Gasteiger partial charge in [-0.3, -0.25) is 9.78 Å². The van der Waals surface area contributed by atoms with Crippen LogP contribution in [0.2, 0.25) is 0 Å². The van der Waals surface area contributed by atoms with E-state index < -0.39 is 11.7 Å². The lowest BCUT2D eigenvalue weighted by Gasteiger charge is -2.36. The Labute approximate surface area is 171 Å². The molecular weight excluding hydrogens is 397 g/mol. The molecule has 0 N–H and O–H groups in total. The Hall–Kier alpha value is -3.10. The molecule has 1 fully saturated rings. The summed E-state index contributed by atoms with van der Waals surface area (Å²) in [7, 11) is 0. The van der Waals surface area contributed by atoms with Crippen LogP contribution in [0.4, 0.5) is 18.9 Å². The van der Waals surface area contributed by atoms with Crippen LogP contribution in [0.5, 0.6) is 0 Å². The van der Waals surface area contributed by atoms with Crippen LogP contribution in [0, 0.1) is 13.8 Å². The second-order valence-corrected chi connectivity index (χ2v) is 7.41. The Morgan fingerprint density at radius 1 is 1.13 bits per heavy atom. The molecular formula is C21H21F3N4O2. The summed E-state index contributed by atoms with van der Waals surface area (Å²) in [5.41, 5.74) is 1.96. The average molecular weight is 418 g/mol. The predicted molar refractivity (Wildman–Crippen MR) is 105 cm³/mol. The second kappa shape index (κ2) is 7.62. The Balaban J connectivity index is 1.47. The van der Waals surface area contributed by atoms with Crippen LogP contribution < -0.4 is 4.90 Å². The molecule has 2 aromatic heterocycles. The van der Waals surface area contributed by atoms with Gasteiger partial charge < -0.3 is 14.3 Å². The number of alkyl halides is 3. The summed E-state index contributed by atoms with van der Waals surface area (Å²) in [6.45, 7) is 5.86. The number of halogens is 3. The smallest absolute Gasteiger partial charge is 0.367 e. The molecule has 4 rings (SSSR count). The molecule has 1 amide bonds. The Morgan fingerprint density at radius 2 is 1.87 bits per heavy atom. The maximum Gasteiger partial charge on any atom is 0.416 e. The van der Waals surface area contributed by atoms with E-state index in [-0.39, 0.29) is 12.3 Å². The van der Waals surface area contributed by atoms with Gasteiger partial charge in [0.1, 0.15) is 5.76 Å². The predicted octanol–water partition coefficient (Wildman–Crippen LogP) is 3.75. The number of piperazine rings is 1. The minimum Gasteiger partial charge on any atom is -0.367 e. The number of carbonyl (C=O) groups excluding carboxylic acids is 1. The molecule has 0 radical (unpaired) electrons. The van der Waals surface area contributed by atoms with Gasteiger partial charge in [-0.05, 0) is 32.0 Å². The van der Waals surface area contributed by atoms with E-state index in [9.17, 15) is 18.0 Å². The van der Waals surface area contributed by atoms with Crippen molar-refractivity contribution in [2.24, 2.45) is 0 Å². The van der Waals surface area contributed by atoms with Gasteiger partial charge in [-0.1, -0.05) is 11.2 Å². The fourth-order valence-electron chi connectivity index (χ4n) is 3.80. The summed E-state index contributed by atoms with van der Waals surface area (Å²) < 4.78 is 44.1. The van der Waals surface area contributed by atoms with Crippen LogP contribution in [0.25, 0.3) is 10.9 Å². The van der Waals surface area contributed by atoms with Crippen LogP contribution in [0.3, 0.4) is 0 Å². The van der Waals surface area contributed by atoms with Gasteiger partial charge in [-0.25, -0.2) is 0 Å². The highest BCUT2D eigenvalue weighted by atomic mass is 19.4. The minimum atomic E-state index is -4.40. The maximum absolute atomic E-state index is 13.0. The number of anilines is 1. The van der Waals surface area contributed by atoms with Crippen molar-refractivity contribution in [3.8, 4) is 0 Å². The van der Waals surface area contributed by atoms with Crippen molar-refractivity contribution in [1.82, 2.24) is 15.0 Å². The minimum absolute atomic E-state index is 0.0125. The average Bonchev–Trinajstić information content (AvgIpc) is 3.04. The van der Waals surface area contributed by atoms with Crippen molar-refractivity contribution in [2.75, 3.05) is 31.1 Å². The molecule has 0 spiro atoms. The number of hydrogen-bond acceptors (Lipinski definition) is 5. The molecule has 1 aliphatic rings. The first-order valence-electron chi connectivity index (χ1n) is 9.64. The van der Waals surface area contributed by atoms with Crippen molar-refractivity contribution < 1.29 is 22.5 Å². The van der Waals surface area contributed by atoms with Crippen molar-refractivity contribution in [3.63, 3.8) is 0 Å². The van der Waals surface area contributed by atoms with Gasteiger partial charge in [-0.2, -0.15) is 13.2 Å². The van der Waals surface area contributed by atoms with E-state index >= 15 is 0 Å². The number of benzene rings is 1. The van der Waals surface area contributed by atoms with Crippen molar-refractivity contribution in [3.05, 3.63) is 53.0 Å². The molecule has 0 atom stereocenters. The normalized spacial score (nSPS) is 15.1. The van der Waals surface area contributed by atoms with E-state index in [1.165, 1.54) is 12.3 Å². The van der Waals surface area contributed by atoms with Crippen LogP contribution in [-0.2, 0) is 17.4 Å². The topological polar surface area (TPSA) is 62.5 Å². The van der Waals surface area contributed by atoms with Gasteiger partial charge in [0.05, 0.1) is 23.2 Å². The molecule has 1 saturated heterocycles. The summed E-state index contributed by atoms with van der Waals surface area (Å²) >= 11 is 0. The Kier molecular flexibility index (Phi) is 5.13. The molecule has 3 heterocycles. The lowest BCUT2D eigenvalue weighted by atomic mass is 10.1. The summed E-state index contributed by atoms with van der Waals surface area (Å²) in [5.74, 6) is 0.666. The zero-order valence-corrected chi connectivity index (χ0v) is 16.7. The highest BCUT2D eigenvalue weighted by Crippen LogP contribution is 2.33. The zero-order chi connectivity index (χ0) is 21.5. The van der Waals surface area contributed by atoms with Gasteiger partial charge in [0, 0.05) is 49.0 Å². The molecule has 6 nitrogen and oxygen atoms in total. The molecule has 1 aromatic carbocycles. The van der Waals surface area contributed by atoms with E-state index in [2.05, 4.69) is 15.0 Å². The van der Waals surface area contributed by atoms with E-state index in [1.807, 2.05) is 6.92 Å². The van der Waals surface area contributed by atoms with Crippen molar-refractivity contribution >= 4 is 22.5 Å². The van der Waals surface area contributed by atoms with Crippen molar-refractivity contribution in [1.29, 1.82) is 0 Å². The number of rotatable bonds is 3. The van der Waals surface area contributed by atoms with Crippen LogP contribution >= 0.6 is 0 Å². The highest BCUT2D eigenvalue weighted by Gasteiger charge is 2.31. The second-order valence-electron chi connectivity index (χ2n) is 7.41. The third kappa shape index (κ3) is 3.83. The third-order valence-electron chi connectivity index (χ3n) is 5.53. The van der Waals surface area contributed by atoms with Crippen LogP contribution in [0.1, 0.15) is 22.6 Å². The van der Waals surface area contributed by atoms with Crippen LogP contribution in [0.15, 0.2) is 35.0 Å². The van der Waals surface area contributed by atoms with Gasteiger partial charge in [0.25, 0.3) is 0 Å². The molecule has 158 valence electrons. The number of amides is 1. The number of fused-ring (bicyclic) bond motifs is 1. The van der Waals surface area contributed by atoms with E-state index in [0.717, 1.165) is 29.1 Å². The molecule has 1 aliphatic heterocycles. The van der Waals surface area contributed by atoms with Gasteiger partial charge >= 0.3 is 6.18 Å². The van der Waals surface area contributed by atoms with Crippen molar-refractivity contribution in [2.45, 2.75) is 26.4 Å². The van der Waals surface area contributed by atoms with E-state index in [4.69, 9.17) is 4.52 Å². The fourth-order valence-corrected chi connectivity index (χ4v) is 3.80. The molecule has 3 aromatic rings. The van der Waals surface area contributed by atoms with Gasteiger partial charge in [0.15, 0.2) is 0 Å². The number of hydrogen-bond donors (Lipinski definition) is 0. The summed E-state index contributed by atoms with van der Waals surface area (Å²) in [6, 6.07) is 5.42. The first-order valence-corrected chi connectivity index (χ1v) is 9.64. The van der Waals surface area contributed by atoms with Crippen LogP contribution in [-0.4, -0.2) is 47.1 Å². The number of carbonyl (C=O) groups is 1. The molecule has 30 heavy (non-hydrogen) atoms. The van der Waals surface area contributed by atoms with E-state index in [0.29, 0.717) is 42.8 Å². The quantitative estimate of drug-likeness (QED) is 0.648. The van der Waals surface area contributed by atoms with E-state index in [1.54, 1.807) is 17.9 Å². The molecule has 0 bridgehead atoms. The molecule has 0 saturated carbocycles. The number of nitrogens with zero attached hydrogens (tertiary/aromatic N) is 4. The zero-order valence-electron chi connectivity index (χ0n) is 16.7. The van der Waals surface area contributed by atoms with Gasteiger partial charge in [-0.15, -0.1) is 0 Å². The number of aryl methyl sites for hydroxylation is 2. The first kappa shape index (κ1) is 20.2. The molecule has 0 aliphatic carbocycles.